The second kappa shape index (κ2) is 5.44. The molecular weight excluding hydrogens is 226 g/mol. The molecule has 1 heterocycles. The number of carboxylic acid groups (broad SMARTS) is 1. The van der Waals surface area contributed by atoms with Crippen LogP contribution in [-0.4, -0.2) is 40.0 Å². The van der Waals surface area contributed by atoms with Gasteiger partial charge < -0.3 is 9.84 Å². The number of aromatic carboxylic acids is 1. The first-order chi connectivity index (χ1) is 7.97. The van der Waals surface area contributed by atoms with Crippen molar-refractivity contribution in [1.82, 2.24) is 15.1 Å². The number of esters is 1. The summed E-state index contributed by atoms with van der Waals surface area (Å²) >= 11 is 0. The van der Waals surface area contributed by atoms with Gasteiger partial charge in [0.05, 0.1) is 19.0 Å². The normalized spacial score (nSPS) is 12.2. The second-order valence-electron chi connectivity index (χ2n) is 3.56. The summed E-state index contributed by atoms with van der Waals surface area (Å²) in [5, 5.41) is 15.7. The zero-order valence-corrected chi connectivity index (χ0v) is 9.93. The van der Waals surface area contributed by atoms with E-state index in [2.05, 4.69) is 15.2 Å². The lowest BCUT2D eigenvalue weighted by Crippen LogP contribution is -2.35. The van der Waals surface area contributed by atoms with Gasteiger partial charge in [0.2, 0.25) is 0 Å². The molecule has 7 nitrogen and oxygen atoms in total. The molecule has 0 saturated carbocycles. The quantitative estimate of drug-likeness (QED) is 0.692. The molecule has 0 bridgehead atoms. The summed E-state index contributed by atoms with van der Waals surface area (Å²) in [5.74, 6) is -1.44. The number of hydrogen-bond acceptors (Lipinski definition) is 5. The Morgan fingerprint density at radius 2 is 2.29 bits per heavy atom. The third-order valence-corrected chi connectivity index (χ3v) is 2.42. The van der Waals surface area contributed by atoms with Crippen LogP contribution in [0.2, 0.25) is 0 Å². The Balaban J connectivity index is 2.72. The molecule has 1 atom stereocenters. The van der Waals surface area contributed by atoms with Crippen LogP contribution in [-0.2, 0) is 23.1 Å². The number of rotatable bonds is 5. The highest BCUT2D eigenvalue weighted by Gasteiger charge is 2.17. The maximum absolute atomic E-state index is 11.2. The van der Waals surface area contributed by atoms with Gasteiger partial charge in [-0.2, -0.15) is 5.10 Å². The number of carboxylic acids is 1. The number of hydrogen-bond donors (Lipinski definition) is 2. The lowest BCUT2D eigenvalue weighted by atomic mass is 10.2. The molecule has 17 heavy (non-hydrogen) atoms. The summed E-state index contributed by atoms with van der Waals surface area (Å²) in [4.78, 5) is 22.0. The van der Waals surface area contributed by atoms with Crippen molar-refractivity contribution in [3.05, 3.63) is 17.5 Å². The summed E-state index contributed by atoms with van der Waals surface area (Å²) in [6.07, 6.45) is 1.28. The van der Waals surface area contributed by atoms with E-state index in [1.807, 2.05) is 0 Å². The summed E-state index contributed by atoms with van der Waals surface area (Å²) in [6.45, 7) is 1.87. The Morgan fingerprint density at radius 1 is 1.65 bits per heavy atom. The number of nitrogens with zero attached hydrogens (tertiary/aromatic N) is 2. The number of aryl methyl sites for hydroxylation is 1. The molecule has 1 aromatic heterocycles. The minimum Gasteiger partial charge on any atom is -0.478 e. The summed E-state index contributed by atoms with van der Waals surface area (Å²) < 4.78 is 6.01. The first-order valence-electron chi connectivity index (χ1n) is 5.02. The van der Waals surface area contributed by atoms with Crippen LogP contribution in [0.25, 0.3) is 0 Å². The van der Waals surface area contributed by atoms with Crippen molar-refractivity contribution in [1.29, 1.82) is 0 Å². The average molecular weight is 241 g/mol. The molecule has 0 fully saturated rings. The van der Waals surface area contributed by atoms with Crippen LogP contribution in [0.4, 0.5) is 0 Å². The van der Waals surface area contributed by atoms with Crippen molar-refractivity contribution >= 4 is 11.9 Å². The largest absolute Gasteiger partial charge is 0.478 e. The van der Waals surface area contributed by atoms with E-state index in [4.69, 9.17) is 5.11 Å². The molecule has 0 saturated heterocycles. The Morgan fingerprint density at radius 3 is 2.82 bits per heavy atom. The van der Waals surface area contributed by atoms with Crippen molar-refractivity contribution in [3.63, 3.8) is 0 Å². The number of carbonyl (C=O) groups is 2. The minimum absolute atomic E-state index is 0.122. The highest BCUT2D eigenvalue weighted by atomic mass is 16.5. The maximum atomic E-state index is 11.2. The zero-order valence-electron chi connectivity index (χ0n) is 9.93. The van der Waals surface area contributed by atoms with Crippen LogP contribution in [0.3, 0.4) is 0 Å². The predicted octanol–water partition coefficient (Wildman–Crippen LogP) is -0.231. The predicted molar refractivity (Wildman–Crippen MR) is 58.5 cm³/mol. The molecule has 0 aliphatic rings. The SMILES string of the molecule is COC(=O)C(C)NCc1c(C(=O)O)cnn1C. The van der Waals surface area contributed by atoms with Crippen LogP contribution < -0.4 is 5.32 Å². The monoisotopic (exact) mass is 241 g/mol. The number of nitrogens with one attached hydrogen (secondary N) is 1. The van der Waals surface area contributed by atoms with Crippen molar-refractivity contribution < 1.29 is 19.4 Å². The van der Waals surface area contributed by atoms with Crippen LogP contribution in [0.1, 0.15) is 23.0 Å². The lowest BCUT2D eigenvalue weighted by Gasteiger charge is -2.11. The number of methoxy groups -OCH3 is 1. The van der Waals surface area contributed by atoms with Crippen LogP contribution in [0.5, 0.6) is 0 Å². The minimum atomic E-state index is -1.04. The molecule has 0 aliphatic carbocycles. The molecule has 1 rings (SSSR count). The van der Waals surface area contributed by atoms with Gasteiger partial charge >= 0.3 is 11.9 Å². The van der Waals surface area contributed by atoms with Gasteiger partial charge in [-0.1, -0.05) is 0 Å². The van der Waals surface area contributed by atoms with Gasteiger partial charge in [-0.05, 0) is 6.92 Å². The average Bonchev–Trinajstić information content (AvgIpc) is 2.66. The first kappa shape index (κ1) is 13.2. The third kappa shape index (κ3) is 3.04. The lowest BCUT2D eigenvalue weighted by molar-refractivity contribution is -0.142. The number of aromatic nitrogens is 2. The van der Waals surface area contributed by atoms with Crippen molar-refractivity contribution in [2.45, 2.75) is 19.5 Å². The van der Waals surface area contributed by atoms with Gasteiger partial charge in [-0.25, -0.2) is 4.79 Å². The summed E-state index contributed by atoms with van der Waals surface area (Å²) in [6, 6.07) is -0.503. The summed E-state index contributed by atoms with van der Waals surface area (Å²) in [7, 11) is 2.94. The highest BCUT2D eigenvalue weighted by Crippen LogP contribution is 2.07. The van der Waals surface area contributed by atoms with E-state index in [-0.39, 0.29) is 12.1 Å². The smallest absolute Gasteiger partial charge is 0.339 e. The maximum Gasteiger partial charge on any atom is 0.339 e. The molecule has 7 heteroatoms. The van der Waals surface area contributed by atoms with E-state index in [9.17, 15) is 9.59 Å². The second-order valence-corrected chi connectivity index (χ2v) is 3.56. The van der Waals surface area contributed by atoms with Crippen LogP contribution in [0, 0.1) is 0 Å². The van der Waals surface area contributed by atoms with E-state index in [1.54, 1.807) is 14.0 Å². The molecule has 94 valence electrons. The molecule has 1 unspecified atom stereocenters. The molecule has 0 aliphatic heterocycles. The van der Waals surface area contributed by atoms with Crippen molar-refractivity contribution in [3.8, 4) is 0 Å². The topological polar surface area (TPSA) is 93.4 Å². The molecule has 0 aromatic carbocycles. The van der Waals surface area contributed by atoms with Gasteiger partial charge in [0.25, 0.3) is 0 Å². The number of carbonyl (C=O) groups excluding carboxylic acids is 1. The van der Waals surface area contributed by atoms with Gasteiger partial charge in [0, 0.05) is 13.6 Å². The molecule has 1 aromatic rings. The van der Waals surface area contributed by atoms with Crippen molar-refractivity contribution in [2.24, 2.45) is 7.05 Å². The highest BCUT2D eigenvalue weighted by molar-refractivity contribution is 5.88. The number of ether oxygens (including phenoxy) is 1. The Labute approximate surface area is 98.4 Å². The van der Waals surface area contributed by atoms with E-state index in [1.165, 1.54) is 18.0 Å². The molecule has 0 amide bonds. The standard InChI is InChI=1S/C10H15N3O4/c1-6(10(16)17-3)11-5-8-7(9(14)15)4-12-13(8)2/h4,6,11H,5H2,1-3H3,(H,14,15). The Bertz CT molecular complexity index is 427. The molecule has 0 radical (unpaired) electrons. The molecular formula is C10H15N3O4. The van der Waals surface area contributed by atoms with E-state index in [0.717, 1.165) is 0 Å². The van der Waals surface area contributed by atoms with E-state index < -0.39 is 18.0 Å². The fraction of sp³-hybridized carbons (Fsp3) is 0.500. The fourth-order valence-electron chi connectivity index (χ4n) is 1.36. The summed E-state index contributed by atoms with van der Waals surface area (Å²) in [5.41, 5.74) is 0.630. The Hall–Kier alpha value is -1.89. The van der Waals surface area contributed by atoms with Gasteiger partial charge in [-0.3, -0.25) is 14.8 Å². The van der Waals surface area contributed by atoms with Crippen molar-refractivity contribution in [2.75, 3.05) is 7.11 Å². The zero-order chi connectivity index (χ0) is 13.0. The van der Waals surface area contributed by atoms with Gasteiger partial charge in [0.1, 0.15) is 11.6 Å². The van der Waals surface area contributed by atoms with E-state index in [0.29, 0.717) is 5.69 Å². The van der Waals surface area contributed by atoms with Gasteiger partial charge in [-0.15, -0.1) is 0 Å². The third-order valence-electron chi connectivity index (χ3n) is 2.42. The first-order valence-corrected chi connectivity index (χ1v) is 5.02. The van der Waals surface area contributed by atoms with Crippen LogP contribution in [0.15, 0.2) is 6.20 Å². The molecule has 0 spiro atoms. The molecule has 2 N–H and O–H groups in total. The van der Waals surface area contributed by atoms with Gasteiger partial charge in [0.15, 0.2) is 0 Å². The Kier molecular flexibility index (Phi) is 4.22. The van der Waals surface area contributed by atoms with E-state index >= 15 is 0 Å². The fourth-order valence-corrected chi connectivity index (χ4v) is 1.36. The van der Waals surface area contributed by atoms with Crippen LogP contribution >= 0.6 is 0 Å².